The van der Waals surface area contributed by atoms with Crippen molar-refractivity contribution in [3.8, 4) is 0 Å². The van der Waals surface area contributed by atoms with E-state index in [9.17, 15) is 4.79 Å². The first-order valence-electron chi connectivity index (χ1n) is 9.40. The molecule has 1 aromatic heterocycles. The second-order valence-electron chi connectivity index (χ2n) is 8.22. The van der Waals surface area contributed by atoms with Gasteiger partial charge in [-0.1, -0.05) is 6.07 Å². The number of rotatable bonds is 3. The maximum atomic E-state index is 12.7. The summed E-state index contributed by atoms with van der Waals surface area (Å²) in [5.74, 6) is 4.35. The van der Waals surface area contributed by atoms with Crippen LogP contribution in [0.2, 0.25) is 0 Å². The van der Waals surface area contributed by atoms with Crippen molar-refractivity contribution in [2.75, 3.05) is 5.32 Å². The average molecular weight is 320 g/mol. The van der Waals surface area contributed by atoms with Gasteiger partial charge in [0.05, 0.1) is 11.2 Å². The number of nitrogens with one attached hydrogen (secondary N) is 1. The molecule has 2 aromatic rings. The fraction of sp³-hybridized carbons (Fsp3) is 0.524. The van der Waals surface area contributed by atoms with Gasteiger partial charge in [0.1, 0.15) is 0 Å². The maximum Gasteiger partial charge on any atom is 0.224 e. The quantitative estimate of drug-likeness (QED) is 0.895. The molecule has 0 radical (unpaired) electrons. The number of hydrogen-bond acceptors (Lipinski definition) is 2. The van der Waals surface area contributed by atoms with Crippen LogP contribution >= 0.6 is 0 Å². The molecule has 4 saturated carbocycles. The van der Waals surface area contributed by atoms with Gasteiger partial charge in [-0.25, -0.2) is 0 Å². The standard InChI is InChI=1S/C21H24N2O/c24-21(23-20-5-1-4-19-17(20)3-2-6-22-19)12-18-15-8-13-7-14(10-15)11-16(18)9-13/h1-6,13-16,18H,7-12H2,(H,23,24). The monoisotopic (exact) mass is 320 g/mol. The number of fused-ring (bicyclic) bond motifs is 1. The predicted octanol–water partition coefficient (Wildman–Crippen LogP) is 4.64. The number of carbonyl (C=O) groups excluding carboxylic acids is 1. The summed E-state index contributed by atoms with van der Waals surface area (Å²) in [4.78, 5) is 17.1. The molecule has 6 rings (SSSR count). The molecule has 124 valence electrons. The largest absolute Gasteiger partial charge is 0.325 e. The Morgan fingerprint density at radius 1 is 1.00 bits per heavy atom. The Morgan fingerprint density at radius 3 is 2.50 bits per heavy atom. The van der Waals surface area contributed by atoms with Crippen LogP contribution in [-0.2, 0) is 4.79 Å². The van der Waals surface area contributed by atoms with E-state index in [1.807, 2.05) is 30.3 Å². The molecule has 1 N–H and O–H groups in total. The van der Waals surface area contributed by atoms with Gasteiger partial charge in [-0.3, -0.25) is 9.78 Å². The summed E-state index contributed by atoms with van der Waals surface area (Å²) < 4.78 is 0. The molecule has 24 heavy (non-hydrogen) atoms. The molecule has 1 heterocycles. The van der Waals surface area contributed by atoms with Gasteiger partial charge in [-0.15, -0.1) is 0 Å². The third-order valence-corrected chi connectivity index (χ3v) is 6.76. The van der Waals surface area contributed by atoms with Crippen molar-refractivity contribution < 1.29 is 4.79 Å². The van der Waals surface area contributed by atoms with Crippen LogP contribution in [0.3, 0.4) is 0 Å². The van der Waals surface area contributed by atoms with Crippen molar-refractivity contribution >= 4 is 22.5 Å². The van der Waals surface area contributed by atoms with E-state index in [0.29, 0.717) is 12.3 Å². The van der Waals surface area contributed by atoms with Gasteiger partial charge in [0.25, 0.3) is 0 Å². The third-order valence-electron chi connectivity index (χ3n) is 6.76. The zero-order valence-electron chi connectivity index (χ0n) is 13.9. The summed E-state index contributed by atoms with van der Waals surface area (Å²) in [6.45, 7) is 0. The van der Waals surface area contributed by atoms with Gasteiger partial charge in [0, 0.05) is 18.0 Å². The molecular weight excluding hydrogens is 296 g/mol. The van der Waals surface area contributed by atoms with Gasteiger partial charge < -0.3 is 5.32 Å². The molecule has 0 aliphatic heterocycles. The van der Waals surface area contributed by atoms with Crippen LogP contribution in [0.1, 0.15) is 38.5 Å². The third kappa shape index (κ3) is 2.42. The van der Waals surface area contributed by atoms with Gasteiger partial charge >= 0.3 is 0 Å². The van der Waals surface area contributed by atoms with E-state index in [-0.39, 0.29) is 5.91 Å². The van der Waals surface area contributed by atoms with Crippen molar-refractivity contribution in [2.45, 2.75) is 38.5 Å². The van der Waals surface area contributed by atoms with Crippen LogP contribution < -0.4 is 5.32 Å². The van der Waals surface area contributed by atoms with Gasteiger partial charge in [-0.05, 0) is 86.0 Å². The summed E-state index contributed by atoms with van der Waals surface area (Å²) in [5, 5.41) is 4.19. The Labute approximate surface area is 142 Å². The lowest BCUT2D eigenvalue weighted by Gasteiger charge is -2.54. The van der Waals surface area contributed by atoms with Crippen molar-refractivity contribution in [2.24, 2.45) is 29.6 Å². The summed E-state index contributed by atoms with van der Waals surface area (Å²) in [6.07, 6.45) is 9.47. The smallest absolute Gasteiger partial charge is 0.224 e. The Bertz CT molecular complexity index is 751. The Kier molecular flexibility index (Phi) is 3.36. The van der Waals surface area contributed by atoms with Crippen molar-refractivity contribution in [1.82, 2.24) is 4.98 Å². The molecule has 0 saturated heterocycles. The number of benzene rings is 1. The first kappa shape index (κ1) is 14.4. The van der Waals surface area contributed by atoms with Crippen LogP contribution in [0.5, 0.6) is 0 Å². The summed E-state index contributed by atoms with van der Waals surface area (Å²) >= 11 is 0. The highest BCUT2D eigenvalue weighted by atomic mass is 16.1. The highest BCUT2D eigenvalue weighted by molar-refractivity contribution is 6.00. The molecule has 3 heteroatoms. The lowest BCUT2D eigenvalue weighted by Crippen LogP contribution is -2.46. The maximum absolute atomic E-state index is 12.7. The molecule has 0 spiro atoms. The molecule has 0 unspecified atom stereocenters. The van der Waals surface area contributed by atoms with E-state index >= 15 is 0 Å². The molecule has 3 nitrogen and oxygen atoms in total. The van der Waals surface area contributed by atoms with Gasteiger partial charge in [0.15, 0.2) is 0 Å². The van der Waals surface area contributed by atoms with Crippen LogP contribution in [-0.4, -0.2) is 10.9 Å². The number of carbonyl (C=O) groups is 1. The number of amides is 1. The molecule has 4 fully saturated rings. The fourth-order valence-electron chi connectivity index (χ4n) is 6.00. The van der Waals surface area contributed by atoms with Crippen molar-refractivity contribution in [1.29, 1.82) is 0 Å². The van der Waals surface area contributed by atoms with Gasteiger partial charge in [-0.2, -0.15) is 0 Å². The normalized spacial score (nSPS) is 33.8. The van der Waals surface area contributed by atoms with E-state index in [4.69, 9.17) is 0 Å². The fourth-order valence-corrected chi connectivity index (χ4v) is 6.00. The lowest BCUT2D eigenvalue weighted by molar-refractivity contribution is -0.121. The minimum Gasteiger partial charge on any atom is -0.325 e. The zero-order chi connectivity index (χ0) is 16.1. The molecule has 4 bridgehead atoms. The highest BCUT2D eigenvalue weighted by Gasteiger charge is 2.48. The summed E-state index contributed by atoms with van der Waals surface area (Å²) in [5.41, 5.74) is 1.83. The predicted molar refractivity (Wildman–Crippen MR) is 95.5 cm³/mol. The number of nitrogens with zero attached hydrogens (tertiary/aromatic N) is 1. The number of aromatic nitrogens is 1. The average Bonchev–Trinajstić information content (AvgIpc) is 2.58. The van der Waals surface area contributed by atoms with E-state index < -0.39 is 0 Å². The molecular formula is C21H24N2O. The number of pyridine rings is 1. The van der Waals surface area contributed by atoms with Crippen LogP contribution in [0.4, 0.5) is 5.69 Å². The van der Waals surface area contributed by atoms with E-state index in [2.05, 4.69) is 10.3 Å². The number of anilines is 1. The Hall–Kier alpha value is -1.90. The molecule has 4 aliphatic rings. The zero-order valence-corrected chi connectivity index (χ0v) is 13.9. The van der Waals surface area contributed by atoms with Crippen molar-refractivity contribution in [3.05, 3.63) is 36.5 Å². The van der Waals surface area contributed by atoms with Crippen LogP contribution in [0.25, 0.3) is 10.9 Å². The van der Waals surface area contributed by atoms with Crippen molar-refractivity contribution in [3.63, 3.8) is 0 Å². The lowest BCUT2D eigenvalue weighted by atomic mass is 9.51. The topological polar surface area (TPSA) is 42.0 Å². The second-order valence-corrected chi connectivity index (χ2v) is 8.22. The second kappa shape index (κ2) is 5.58. The molecule has 0 atom stereocenters. The van der Waals surface area contributed by atoms with Gasteiger partial charge in [0.2, 0.25) is 5.91 Å². The summed E-state index contributed by atoms with van der Waals surface area (Å²) in [7, 11) is 0. The summed E-state index contributed by atoms with van der Waals surface area (Å²) in [6, 6.07) is 9.89. The molecule has 1 aromatic carbocycles. The first-order valence-corrected chi connectivity index (χ1v) is 9.40. The Morgan fingerprint density at radius 2 is 1.75 bits per heavy atom. The first-order chi connectivity index (χ1) is 11.8. The minimum absolute atomic E-state index is 0.184. The molecule has 1 amide bonds. The SMILES string of the molecule is O=C(CC1C2CC3CC(C2)CC1C3)Nc1cccc2ncccc12. The van der Waals surface area contributed by atoms with Crippen LogP contribution in [0, 0.1) is 29.6 Å². The molecule has 4 aliphatic carbocycles. The minimum atomic E-state index is 0.184. The van der Waals surface area contributed by atoms with E-state index in [1.165, 1.54) is 32.1 Å². The van der Waals surface area contributed by atoms with E-state index in [0.717, 1.165) is 40.3 Å². The highest BCUT2D eigenvalue weighted by Crippen LogP contribution is 2.57. The number of hydrogen-bond donors (Lipinski definition) is 1. The van der Waals surface area contributed by atoms with Crippen LogP contribution in [0.15, 0.2) is 36.5 Å². The Balaban J connectivity index is 1.32. The van der Waals surface area contributed by atoms with E-state index in [1.54, 1.807) is 6.20 Å².